The van der Waals surface area contributed by atoms with Crippen LogP contribution in [0.5, 0.6) is 0 Å². The van der Waals surface area contributed by atoms with Crippen molar-refractivity contribution in [2.45, 2.75) is 0 Å². The lowest BCUT2D eigenvalue weighted by Crippen LogP contribution is -1.91. The van der Waals surface area contributed by atoms with Gasteiger partial charge in [-0.2, -0.15) is 0 Å². The van der Waals surface area contributed by atoms with Crippen LogP contribution < -0.4 is 0 Å². The summed E-state index contributed by atoms with van der Waals surface area (Å²) >= 11 is 0. The van der Waals surface area contributed by atoms with Gasteiger partial charge in [-0.3, -0.25) is 0 Å². The average Bonchev–Trinajstić information content (AvgIpc) is 3.66. The summed E-state index contributed by atoms with van der Waals surface area (Å²) in [7, 11) is 0. The fourth-order valence-corrected chi connectivity index (χ4v) is 6.99. The number of hydrogen-bond donors (Lipinski definition) is 0. The predicted molar refractivity (Wildman–Crippen MR) is 208 cm³/mol. The molecule has 1 heterocycles. The molecule has 0 aliphatic heterocycles. The van der Waals surface area contributed by atoms with Gasteiger partial charge in [0.2, 0.25) is 0 Å². The maximum absolute atomic E-state index is 9.27. The molecule has 9 aromatic carbocycles. The van der Waals surface area contributed by atoms with Crippen molar-refractivity contribution >= 4 is 54.3 Å². The second kappa shape index (κ2) is 11.1. The second-order valence-corrected chi connectivity index (χ2v) is 11.9. The van der Waals surface area contributed by atoms with Crippen LogP contribution in [-0.4, -0.2) is 0 Å². The number of fused-ring (bicyclic) bond motifs is 6. The van der Waals surface area contributed by atoms with Gasteiger partial charge in [0.25, 0.3) is 0 Å². The summed E-state index contributed by atoms with van der Waals surface area (Å²) < 4.78 is 121. The lowest BCUT2D eigenvalue weighted by molar-refractivity contribution is 0.669. The lowest BCUT2D eigenvalue weighted by Gasteiger charge is -2.18. The molecule has 0 atom stereocenters. The summed E-state index contributed by atoms with van der Waals surface area (Å²) in [5.74, 6) is 0. The topological polar surface area (TPSA) is 13.1 Å². The Morgan fingerprint density at radius 1 is 0.347 bits per heavy atom. The summed E-state index contributed by atoms with van der Waals surface area (Å²) in [6.07, 6.45) is 0. The van der Waals surface area contributed by atoms with Crippen LogP contribution in [0.2, 0.25) is 0 Å². The largest absolute Gasteiger partial charge is 0.456 e. The summed E-state index contributed by atoms with van der Waals surface area (Å²) in [6, 6.07) is 25.1. The van der Waals surface area contributed by atoms with E-state index in [4.69, 9.17) is 16.8 Å². The molecule has 10 aromatic rings. The minimum absolute atomic E-state index is 0.0674. The van der Waals surface area contributed by atoms with Crippen LogP contribution in [0.4, 0.5) is 0 Å². The first-order valence-electron chi connectivity index (χ1n) is 22.3. The molecule has 0 radical (unpaired) electrons. The van der Waals surface area contributed by atoms with Crippen molar-refractivity contribution in [3.63, 3.8) is 0 Å². The highest BCUT2D eigenvalue weighted by atomic mass is 16.3. The van der Waals surface area contributed by atoms with E-state index in [1.807, 2.05) is 54.6 Å². The predicted octanol–water partition coefficient (Wildman–Crippen LogP) is 13.7. The average molecular weight is 636 g/mol. The molecule has 0 aliphatic carbocycles. The second-order valence-electron chi connectivity index (χ2n) is 11.9. The normalized spacial score (nSPS) is 15.4. The minimum Gasteiger partial charge on any atom is -0.456 e. The minimum atomic E-state index is -0.715. The summed E-state index contributed by atoms with van der Waals surface area (Å²) in [6.45, 7) is 0. The Bertz CT molecular complexity index is 3510. The Labute approximate surface area is 302 Å². The van der Waals surface area contributed by atoms with Crippen molar-refractivity contribution in [3.8, 4) is 44.5 Å². The highest BCUT2D eigenvalue weighted by molar-refractivity contribution is 6.21. The number of furan rings is 1. The Kier molecular flexibility index (Phi) is 3.99. The lowest BCUT2D eigenvalue weighted by atomic mass is 9.85. The third-order valence-electron chi connectivity index (χ3n) is 9.18. The molecule has 0 unspecified atom stereocenters. The van der Waals surface area contributed by atoms with Gasteiger partial charge in [0.1, 0.15) is 11.2 Å². The molecule has 0 amide bonds. The molecule has 49 heavy (non-hydrogen) atoms. The molecule has 0 aliphatic rings. The summed E-state index contributed by atoms with van der Waals surface area (Å²) in [5.41, 5.74) is 4.47. The van der Waals surface area contributed by atoms with E-state index in [9.17, 15) is 5.48 Å². The molecule has 0 N–H and O–H groups in total. The fourth-order valence-electron chi connectivity index (χ4n) is 6.99. The third kappa shape index (κ3) is 4.47. The third-order valence-corrected chi connectivity index (χ3v) is 9.18. The van der Waals surface area contributed by atoms with Gasteiger partial charge in [0.05, 0.1) is 17.8 Å². The van der Waals surface area contributed by atoms with Gasteiger partial charge in [-0.15, -0.1) is 0 Å². The standard InChI is InChI=1S/C48H30O/c1-2-13-32(14-3-1)47-41-19-6-8-21-43(41)48(44-22-9-7-20-42(44)47)36-17-10-16-33(28-36)34-24-26-39-40-27-25-35(30-46(40)49-45(39)29-34)38-23-11-15-31-12-4-5-18-37(31)38/h1-30H/i1D,2D,3D,6D,7D,8D,9D,13D,14D,19D,20D,21D,22D. The van der Waals surface area contributed by atoms with E-state index in [0.717, 1.165) is 38.2 Å². The molecule has 1 nitrogen and oxygen atoms in total. The molecular weight excluding hydrogens is 593 g/mol. The molecular formula is C48H30O. The molecule has 0 saturated carbocycles. The van der Waals surface area contributed by atoms with Gasteiger partial charge < -0.3 is 4.42 Å². The molecule has 0 bridgehead atoms. The van der Waals surface area contributed by atoms with Crippen LogP contribution in [0.25, 0.3) is 98.8 Å². The van der Waals surface area contributed by atoms with Gasteiger partial charge in [-0.05, 0) is 107 Å². The Morgan fingerprint density at radius 3 is 1.59 bits per heavy atom. The van der Waals surface area contributed by atoms with Crippen molar-refractivity contribution in [3.05, 3.63) is 182 Å². The zero-order valence-corrected chi connectivity index (χ0v) is 25.7. The summed E-state index contributed by atoms with van der Waals surface area (Å²) in [4.78, 5) is 0. The number of benzene rings is 9. The molecule has 228 valence electrons. The smallest absolute Gasteiger partial charge is 0.136 e. The molecule has 10 rings (SSSR count). The monoisotopic (exact) mass is 635 g/mol. The molecule has 0 saturated heterocycles. The maximum Gasteiger partial charge on any atom is 0.136 e. The maximum atomic E-state index is 9.27. The molecule has 0 spiro atoms. The number of rotatable bonds is 4. The van der Waals surface area contributed by atoms with E-state index in [1.54, 1.807) is 18.2 Å². The van der Waals surface area contributed by atoms with Crippen LogP contribution in [-0.2, 0) is 0 Å². The Hall–Kier alpha value is -6.44. The van der Waals surface area contributed by atoms with Gasteiger partial charge >= 0.3 is 0 Å². The molecule has 1 aromatic heterocycles. The van der Waals surface area contributed by atoms with E-state index < -0.39 is 84.1 Å². The van der Waals surface area contributed by atoms with E-state index in [1.165, 1.54) is 0 Å². The zero-order valence-electron chi connectivity index (χ0n) is 38.7. The summed E-state index contributed by atoms with van der Waals surface area (Å²) in [5, 5.41) is 3.32. The van der Waals surface area contributed by atoms with Crippen molar-refractivity contribution in [2.75, 3.05) is 0 Å². The highest BCUT2D eigenvalue weighted by Gasteiger charge is 2.17. The highest BCUT2D eigenvalue weighted by Crippen LogP contribution is 2.44. The van der Waals surface area contributed by atoms with Crippen molar-refractivity contribution in [1.82, 2.24) is 0 Å². The van der Waals surface area contributed by atoms with E-state index >= 15 is 0 Å². The van der Waals surface area contributed by atoms with Gasteiger partial charge in [-0.25, -0.2) is 0 Å². The number of hydrogen-bond acceptors (Lipinski definition) is 1. The van der Waals surface area contributed by atoms with E-state index in [-0.39, 0.29) is 32.7 Å². The van der Waals surface area contributed by atoms with Gasteiger partial charge in [0.15, 0.2) is 0 Å². The van der Waals surface area contributed by atoms with Gasteiger partial charge in [-0.1, -0.05) is 151 Å². The molecule has 0 fully saturated rings. The van der Waals surface area contributed by atoms with Crippen LogP contribution in [0.1, 0.15) is 17.8 Å². The van der Waals surface area contributed by atoms with Crippen LogP contribution in [0.15, 0.2) is 186 Å². The van der Waals surface area contributed by atoms with Crippen LogP contribution >= 0.6 is 0 Å². The van der Waals surface area contributed by atoms with Crippen LogP contribution in [0.3, 0.4) is 0 Å². The van der Waals surface area contributed by atoms with Crippen LogP contribution in [0, 0.1) is 0 Å². The first-order valence-corrected chi connectivity index (χ1v) is 15.8. The van der Waals surface area contributed by atoms with Gasteiger partial charge in [0, 0.05) is 10.8 Å². The van der Waals surface area contributed by atoms with Crippen molar-refractivity contribution < 1.29 is 22.2 Å². The molecule has 1 heteroatoms. The first-order chi connectivity index (χ1) is 29.7. The zero-order chi connectivity index (χ0) is 43.6. The quantitative estimate of drug-likeness (QED) is 0.175. The van der Waals surface area contributed by atoms with Crippen molar-refractivity contribution in [2.24, 2.45) is 0 Å². The van der Waals surface area contributed by atoms with E-state index in [2.05, 4.69) is 30.3 Å². The van der Waals surface area contributed by atoms with E-state index in [0.29, 0.717) is 22.3 Å². The Balaban J connectivity index is 1.24. The van der Waals surface area contributed by atoms with Crippen molar-refractivity contribution in [1.29, 1.82) is 0 Å². The fraction of sp³-hybridized carbons (Fsp3) is 0. The SMILES string of the molecule is [2H]c1c([2H])c([2H])c(-c2c3c([2H])c([2H])c([2H])c([2H])c3c(-c3cccc(-c4ccc5c(c4)oc4cc(-c6cccc7ccccc67)ccc45)c3)c3c([2H])c([2H])c([2H])c([2H])c23)c([2H])c1[2H]. The first kappa shape index (κ1) is 17.6. The Morgan fingerprint density at radius 2 is 0.878 bits per heavy atom.